The summed E-state index contributed by atoms with van der Waals surface area (Å²) in [6.45, 7) is 4.45. The summed E-state index contributed by atoms with van der Waals surface area (Å²) in [5, 5.41) is 0. The van der Waals surface area contributed by atoms with E-state index in [0.29, 0.717) is 29.7 Å². The van der Waals surface area contributed by atoms with Gasteiger partial charge in [-0.05, 0) is 31.1 Å². The minimum absolute atomic E-state index is 0.370. The fourth-order valence-electron chi connectivity index (χ4n) is 3.26. The summed E-state index contributed by atoms with van der Waals surface area (Å²) in [6, 6.07) is 0.488. The Hall–Kier alpha value is -0.530. The van der Waals surface area contributed by atoms with E-state index in [4.69, 9.17) is 0 Å². The highest BCUT2D eigenvalue weighted by Crippen LogP contribution is 2.41. The van der Waals surface area contributed by atoms with Crippen molar-refractivity contribution in [1.29, 1.82) is 0 Å². The second-order valence-electron chi connectivity index (χ2n) is 5.29. The van der Waals surface area contributed by atoms with Gasteiger partial charge in [0.25, 0.3) is 0 Å². The number of likely N-dealkylation sites (tertiary alicyclic amines) is 1. The number of fused-ring (bicyclic) bond motifs is 1. The standard InChI is InChI=1S/C12H21NO/c1-8(2)11-7-9-5-4-6-10(9)12(14)13(11)3/h8-11H,4-7H2,1-3H3. The molecule has 0 radical (unpaired) electrons. The number of hydrogen-bond donors (Lipinski definition) is 0. The average molecular weight is 195 g/mol. The molecule has 0 aromatic rings. The highest BCUT2D eigenvalue weighted by Gasteiger charge is 2.43. The van der Waals surface area contributed by atoms with Gasteiger partial charge < -0.3 is 4.90 Å². The van der Waals surface area contributed by atoms with Crippen molar-refractivity contribution in [3.8, 4) is 0 Å². The summed E-state index contributed by atoms with van der Waals surface area (Å²) in [6.07, 6.45) is 4.93. The largest absolute Gasteiger partial charge is 0.342 e. The fraction of sp³-hybridized carbons (Fsp3) is 0.917. The number of carbonyl (C=O) groups excluding carboxylic acids is 1. The molecule has 2 heteroatoms. The van der Waals surface area contributed by atoms with Crippen molar-refractivity contribution in [2.75, 3.05) is 7.05 Å². The van der Waals surface area contributed by atoms with E-state index in [1.54, 1.807) is 0 Å². The third kappa shape index (κ3) is 1.45. The molecule has 1 amide bonds. The monoisotopic (exact) mass is 195 g/mol. The molecule has 1 aliphatic carbocycles. The minimum Gasteiger partial charge on any atom is -0.342 e. The molecule has 2 rings (SSSR count). The fourth-order valence-corrected chi connectivity index (χ4v) is 3.26. The Kier molecular flexibility index (Phi) is 2.54. The molecule has 1 saturated carbocycles. The number of piperidine rings is 1. The van der Waals surface area contributed by atoms with Gasteiger partial charge in [0.2, 0.25) is 5.91 Å². The van der Waals surface area contributed by atoms with Crippen molar-refractivity contribution in [1.82, 2.24) is 4.90 Å². The van der Waals surface area contributed by atoms with E-state index in [1.165, 1.54) is 19.3 Å². The van der Waals surface area contributed by atoms with Crippen molar-refractivity contribution in [3.05, 3.63) is 0 Å². The van der Waals surface area contributed by atoms with E-state index < -0.39 is 0 Å². The predicted octanol–water partition coefficient (Wildman–Crippen LogP) is 2.29. The molecule has 0 aromatic carbocycles. The zero-order valence-corrected chi connectivity index (χ0v) is 9.49. The van der Waals surface area contributed by atoms with Gasteiger partial charge >= 0.3 is 0 Å². The number of amides is 1. The van der Waals surface area contributed by atoms with Gasteiger partial charge in [-0.1, -0.05) is 20.3 Å². The van der Waals surface area contributed by atoms with E-state index in [2.05, 4.69) is 13.8 Å². The van der Waals surface area contributed by atoms with E-state index in [1.807, 2.05) is 11.9 Å². The Balaban J connectivity index is 2.15. The molecule has 2 nitrogen and oxygen atoms in total. The van der Waals surface area contributed by atoms with Crippen LogP contribution in [0.15, 0.2) is 0 Å². The SMILES string of the molecule is CC(C)C1CC2CCCC2C(=O)N1C. The average Bonchev–Trinajstić information content (AvgIpc) is 2.58. The van der Waals surface area contributed by atoms with E-state index >= 15 is 0 Å². The van der Waals surface area contributed by atoms with Crippen molar-refractivity contribution >= 4 is 5.91 Å². The lowest BCUT2D eigenvalue weighted by atomic mass is 9.80. The molecule has 3 unspecified atom stereocenters. The highest BCUT2D eigenvalue weighted by molar-refractivity contribution is 5.80. The van der Waals surface area contributed by atoms with Crippen LogP contribution in [0.25, 0.3) is 0 Å². The number of nitrogens with zero attached hydrogens (tertiary/aromatic N) is 1. The smallest absolute Gasteiger partial charge is 0.225 e. The summed E-state index contributed by atoms with van der Waals surface area (Å²) in [7, 11) is 1.99. The van der Waals surface area contributed by atoms with Crippen LogP contribution < -0.4 is 0 Å². The van der Waals surface area contributed by atoms with Crippen LogP contribution >= 0.6 is 0 Å². The normalized spacial score (nSPS) is 37.9. The maximum absolute atomic E-state index is 12.0. The Morgan fingerprint density at radius 1 is 1.36 bits per heavy atom. The quantitative estimate of drug-likeness (QED) is 0.628. The first kappa shape index (κ1) is 10.0. The van der Waals surface area contributed by atoms with E-state index in [0.717, 1.165) is 6.42 Å². The highest BCUT2D eigenvalue weighted by atomic mass is 16.2. The van der Waals surface area contributed by atoms with Crippen LogP contribution in [0, 0.1) is 17.8 Å². The van der Waals surface area contributed by atoms with Gasteiger partial charge in [0.15, 0.2) is 0 Å². The summed E-state index contributed by atoms with van der Waals surface area (Å²) in [4.78, 5) is 14.1. The second-order valence-corrected chi connectivity index (χ2v) is 5.29. The molecule has 14 heavy (non-hydrogen) atoms. The van der Waals surface area contributed by atoms with Crippen molar-refractivity contribution in [2.45, 2.75) is 45.6 Å². The lowest BCUT2D eigenvalue weighted by molar-refractivity contribution is -0.143. The van der Waals surface area contributed by atoms with Crippen molar-refractivity contribution < 1.29 is 4.79 Å². The van der Waals surface area contributed by atoms with Crippen LogP contribution in [0.2, 0.25) is 0 Å². The van der Waals surface area contributed by atoms with Gasteiger partial charge in [0.1, 0.15) is 0 Å². The van der Waals surface area contributed by atoms with Gasteiger partial charge in [0, 0.05) is 19.0 Å². The van der Waals surface area contributed by atoms with Crippen LogP contribution in [0.4, 0.5) is 0 Å². The molecule has 1 aliphatic heterocycles. The lowest BCUT2D eigenvalue weighted by Gasteiger charge is -2.41. The summed E-state index contributed by atoms with van der Waals surface area (Å²) in [5.41, 5.74) is 0. The first-order chi connectivity index (χ1) is 6.61. The Bertz CT molecular complexity index is 236. The Morgan fingerprint density at radius 2 is 2.07 bits per heavy atom. The molecule has 1 heterocycles. The summed E-state index contributed by atoms with van der Waals surface area (Å²) < 4.78 is 0. The second kappa shape index (κ2) is 3.56. The maximum Gasteiger partial charge on any atom is 0.225 e. The zero-order valence-electron chi connectivity index (χ0n) is 9.49. The summed E-state index contributed by atoms with van der Waals surface area (Å²) >= 11 is 0. The van der Waals surface area contributed by atoms with E-state index in [-0.39, 0.29) is 0 Å². The first-order valence-electron chi connectivity index (χ1n) is 5.88. The van der Waals surface area contributed by atoms with Gasteiger partial charge in [0.05, 0.1) is 0 Å². The van der Waals surface area contributed by atoms with Crippen LogP contribution in [-0.4, -0.2) is 23.9 Å². The maximum atomic E-state index is 12.0. The van der Waals surface area contributed by atoms with E-state index in [9.17, 15) is 4.79 Å². The van der Waals surface area contributed by atoms with Gasteiger partial charge in [-0.2, -0.15) is 0 Å². The first-order valence-corrected chi connectivity index (χ1v) is 5.88. The van der Waals surface area contributed by atoms with Gasteiger partial charge in [-0.25, -0.2) is 0 Å². The zero-order chi connectivity index (χ0) is 10.3. The van der Waals surface area contributed by atoms with Crippen LogP contribution in [0.1, 0.15) is 39.5 Å². The van der Waals surface area contributed by atoms with Gasteiger partial charge in [-0.3, -0.25) is 4.79 Å². The number of carbonyl (C=O) groups is 1. The molecule has 0 bridgehead atoms. The lowest BCUT2D eigenvalue weighted by Crippen LogP contribution is -2.50. The van der Waals surface area contributed by atoms with Crippen LogP contribution in [0.3, 0.4) is 0 Å². The van der Waals surface area contributed by atoms with Crippen LogP contribution in [0.5, 0.6) is 0 Å². The molecule has 3 atom stereocenters. The molecule has 0 aromatic heterocycles. The molecule has 80 valence electrons. The van der Waals surface area contributed by atoms with Crippen molar-refractivity contribution in [3.63, 3.8) is 0 Å². The molecule has 0 spiro atoms. The molecule has 2 fully saturated rings. The topological polar surface area (TPSA) is 20.3 Å². The Morgan fingerprint density at radius 3 is 2.71 bits per heavy atom. The third-order valence-electron chi connectivity index (χ3n) is 4.14. The minimum atomic E-state index is 0.370. The van der Waals surface area contributed by atoms with Gasteiger partial charge in [-0.15, -0.1) is 0 Å². The van der Waals surface area contributed by atoms with Crippen molar-refractivity contribution in [2.24, 2.45) is 17.8 Å². The molecule has 0 N–H and O–H groups in total. The number of rotatable bonds is 1. The molecule has 1 saturated heterocycles. The molecular formula is C12H21NO. The van der Waals surface area contributed by atoms with Crippen LogP contribution in [-0.2, 0) is 4.79 Å². The Labute approximate surface area is 86.7 Å². The third-order valence-corrected chi connectivity index (χ3v) is 4.14. The summed E-state index contributed by atoms with van der Waals surface area (Å²) in [5.74, 6) is 2.09. The molecular weight excluding hydrogens is 174 g/mol. The predicted molar refractivity (Wildman–Crippen MR) is 56.8 cm³/mol. The number of hydrogen-bond acceptors (Lipinski definition) is 1. The molecule has 2 aliphatic rings.